The molecule has 0 heterocycles. The van der Waals surface area contributed by atoms with Gasteiger partial charge in [-0.05, 0) is 53.4 Å². The van der Waals surface area contributed by atoms with Crippen LogP contribution in [0.5, 0.6) is 0 Å². The van der Waals surface area contributed by atoms with Crippen LogP contribution in [0.1, 0.15) is 35.2 Å². The second-order valence-corrected chi connectivity index (χ2v) is 7.13. The second-order valence-electron chi connectivity index (χ2n) is 4.66. The lowest BCUT2D eigenvalue weighted by atomic mass is 9.94. The van der Waals surface area contributed by atoms with Gasteiger partial charge in [0.05, 0.1) is 10.5 Å². The van der Waals surface area contributed by atoms with E-state index in [1.165, 1.54) is 12.1 Å². The lowest BCUT2D eigenvalue weighted by molar-refractivity contribution is 0.0696. The Balaban J connectivity index is 2.44. The van der Waals surface area contributed by atoms with Gasteiger partial charge in [0.15, 0.2) is 0 Å². The maximum atomic E-state index is 12.2. The van der Waals surface area contributed by atoms with Crippen molar-refractivity contribution in [1.29, 1.82) is 0 Å². The Labute approximate surface area is 120 Å². The summed E-state index contributed by atoms with van der Waals surface area (Å²) in [5, 5.41) is 9.00. The molecule has 104 valence electrons. The zero-order chi connectivity index (χ0) is 14.2. The lowest BCUT2D eigenvalue weighted by Gasteiger charge is -2.26. The van der Waals surface area contributed by atoms with E-state index in [0.717, 1.165) is 19.3 Å². The van der Waals surface area contributed by atoms with Crippen LogP contribution in [-0.4, -0.2) is 25.5 Å². The molecule has 1 aliphatic carbocycles. The Hall–Kier alpha value is -0.920. The molecule has 0 spiro atoms. The van der Waals surface area contributed by atoms with Gasteiger partial charge in [-0.15, -0.1) is 0 Å². The fourth-order valence-electron chi connectivity index (χ4n) is 1.87. The minimum absolute atomic E-state index is 0.0169. The second kappa shape index (κ2) is 5.22. The van der Waals surface area contributed by atoms with Gasteiger partial charge in [0.2, 0.25) is 10.0 Å². The molecule has 0 amide bonds. The minimum Gasteiger partial charge on any atom is -0.478 e. The van der Waals surface area contributed by atoms with Gasteiger partial charge in [-0.3, -0.25) is 0 Å². The highest BCUT2D eigenvalue weighted by Crippen LogP contribution is 2.29. The number of rotatable bonds is 4. The quantitative estimate of drug-likeness (QED) is 0.875. The van der Waals surface area contributed by atoms with Crippen LogP contribution in [0, 0.1) is 6.92 Å². The smallest absolute Gasteiger partial charge is 0.335 e. The van der Waals surface area contributed by atoms with Crippen LogP contribution in [0.25, 0.3) is 0 Å². The molecule has 0 saturated heterocycles. The van der Waals surface area contributed by atoms with Gasteiger partial charge >= 0.3 is 5.97 Å². The van der Waals surface area contributed by atoms with Gasteiger partial charge in [-0.2, -0.15) is 0 Å². The zero-order valence-electron chi connectivity index (χ0n) is 10.3. The largest absolute Gasteiger partial charge is 0.478 e. The molecule has 5 nitrogen and oxygen atoms in total. The van der Waals surface area contributed by atoms with Crippen molar-refractivity contribution in [2.75, 3.05) is 0 Å². The first-order chi connectivity index (χ1) is 8.81. The topological polar surface area (TPSA) is 83.5 Å². The summed E-state index contributed by atoms with van der Waals surface area (Å²) in [6.07, 6.45) is 2.67. The predicted molar refractivity (Wildman–Crippen MR) is 73.8 cm³/mol. The third kappa shape index (κ3) is 2.98. The van der Waals surface area contributed by atoms with Crippen LogP contribution in [0.3, 0.4) is 0 Å². The molecule has 0 aromatic heterocycles. The van der Waals surface area contributed by atoms with Crippen LogP contribution in [0.4, 0.5) is 0 Å². The van der Waals surface area contributed by atoms with Crippen LogP contribution in [-0.2, 0) is 10.0 Å². The molecule has 0 aliphatic heterocycles. The highest BCUT2D eigenvalue weighted by molar-refractivity contribution is 9.10. The van der Waals surface area contributed by atoms with Crippen molar-refractivity contribution in [1.82, 2.24) is 4.72 Å². The normalized spacial score (nSPS) is 16.1. The minimum atomic E-state index is -3.69. The van der Waals surface area contributed by atoms with Crippen LogP contribution >= 0.6 is 15.9 Å². The first kappa shape index (κ1) is 14.5. The molecule has 0 bridgehead atoms. The van der Waals surface area contributed by atoms with Crippen molar-refractivity contribution in [2.24, 2.45) is 0 Å². The third-order valence-electron chi connectivity index (χ3n) is 3.18. The molecule has 0 atom stereocenters. The highest BCUT2D eigenvalue weighted by atomic mass is 79.9. The predicted octanol–water partition coefficient (Wildman–Crippen LogP) is 2.29. The fourth-order valence-corrected chi connectivity index (χ4v) is 4.21. The van der Waals surface area contributed by atoms with Crippen molar-refractivity contribution in [3.63, 3.8) is 0 Å². The molecule has 1 aromatic carbocycles. The molecular formula is C12H14BrNO4S. The molecule has 1 aromatic rings. The number of halogens is 1. The SMILES string of the molecule is Cc1cc(C(=O)O)cc(S(=O)(=O)NC2CCC2)c1Br. The first-order valence-corrected chi connectivity index (χ1v) is 8.14. The summed E-state index contributed by atoms with van der Waals surface area (Å²) in [6.45, 7) is 1.67. The van der Waals surface area contributed by atoms with Gasteiger partial charge < -0.3 is 5.11 Å². The number of hydrogen-bond donors (Lipinski definition) is 2. The Morgan fingerprint density at radius 2 is 2.05 bits per heavy atom. The van der Waals surface area contributed by atoms with E-state index >= 15 is 0 Å². The van der Waals surface area contributed by atoms with Crippen molar-refractivity contribution in [2.45, 2.75) is 37.1 Å². The highest BCUT2D eigenvalue weighted by Gasteiger charge is 2.27. The lowest BCUT2D eigenvalue weighted by Crippen LogP contribution is -2.39. The Kier molecular flexibility index (Phi) is 3.98. The molecule has 2 rings (SSSR count). The molecule has 0 unspecified atom stereocenters. The van der Waals surface area contributed by atoms with E-state index in [-0.39, 0.29) is 16.5 Å². The van der Waals surface area contributed by atoms with E-state index in [4.69, 9.17) is 5.11 Å². The van der Waals surface area contributed by atoms with Gasteiger partial charge in [-0.25, -0.2) is 17.9 Å². The number of aryl methyl sites for hydroxylation is 1. The fraction of sp³-hybridized carbons (Fsp3) is 0.417. The van der Waals surface area contributed by atoms with E-state index in [0.29, 0.717) is 10.0 Å². The average Bonchev–Trinajstić information content (AvgIpc) is 2.27. The van der Waals surface area contributed by atoms with Crippen LogP contribution in [0.2, 0.25) is 0 Å². The van der Waals surface area contributed by atoms with Gasteiger partial charge in [-0.1, -0.05) is 6.42 Å². The van der Waals surface area contributed by atoms with E-state index < -0.39 is 16.0 Å². The van der Waals surface area contributed by atoms with E-state index in [1.807, 2.05) is 0 Å². The van der Waals surface area contributed by atoms with Crippen molar-refractivity contribution in [3.05, 3.63) is 27.7 Å². The summed E-state index contributed by atoms with van der Waals surface area (Å²) >= 11 is 3.22. The number of carboxylic acid groups (broad SMARTS) is 1. The summed E-state index contributed by atoms with van der Waals surface area (Å²) in [6, 6.07) is 2.58. The number of benzene rings is 1. The third-order valence-corrected chi connectivity index (χ3v) is 6.04. The van der Waals surface area contributed by atoms with E-state index in [9.17, 15) is 13.2 Å². The summed E-state index contributed by atoms with van der Waals surface area (Å²) in [5.41, 5.74) is 0.545. The zero-order valence-corrected chi connectivity index (χ0v) is 12.7. The number of carboxylic acids is 1. The average molecular weight is 348 g/mol. The summed E-state index contributed by atoms with van der Waals surface area (Å²) in [5.74, 6) is -1.14. The van der Waals surface area contributed by atoms with Crippen LogP contribution < -0.4 is 4.72 Å². The van der Waals surface area contributed by atoms with Gasteiger partial charge in [0.25, 0.3) is 0 Å². The van der Waals surface area contributed by atoms with Crippen molar-refractivity contribution in [3.8, 4) is 0 Å². The molecule has 2 N–H and O–H groups in total. The number of carbonyl (C=O) groups is 1. The standard InChI is InChI=1S/C12H14BrNO4S/c1-7-5-8(12(15)16)6-10(11(7)13)19(17,18)14-9-3-2-4-9/h5-6,9,14H,2-4H2,1H3,(H,15,16). The molecule has 1 saturated carbocycles. The molecule has 1 aliphatic rings. The van der Waals surface area contributed by atoms with Crippen molar-refractivity contribution >= 4 is 31.9 Å². The number of sulfonamides is 1. The number of hydrogen-bond acceptors (Lipinski definition) is 3. The first-order valence-electron chi connectivity index (χ1n) is 5.87. The Bertz CT molecular complexity index is 623. The van der Waals surface area contributed by atoms with E-state index in [2.05, 4.69) is 20.7 Å². The van der Waals surface area contributed by atoms with Crippen LogP contribution in [0.15, 0.2) is 21.5 Å². The van der Waals surface area contributed by atoms with Crippen molar-refractivity contribution < 1.29 is 18.3 Å². The molecule has 19 heavy (non-hydrogen) atoms. The summed E-state index contributed by atoms with van der Waals surface area (Å²) in [4.78, 5) is 11.0. The number of nitrogens with one attached hydrogen (secondary N) is 1. The molecule has 7 heteroatoms. The molecule has 0 radical (unpaired) electrons. The monoisotopic (exact) mass is 347 g/mol. The number of aromatic carboxylic acids is 1. The Morgan fingerprint density at radius 3 is 2.53 bits per heavy atom. The maximum Gasteiger partial charge on any atom is 0.335 e. The summed E-state index contributed by atoms with van der Waals surface area (Å²) in [7, 11) is -3.69. The Morgan fingerprint density at radius 1 is 1.42 bits per heavy atom. The van der Waals surface area contributed by atoms with Gasteiger partial charge in [0, 0.05) is 10.5 Å². The maximum absolute atomic E-state index is 12.2. The summed E-state index contributed by atoms with van der Waals surface area (Å²) < 4.78 is 27.5. The van der Waals surface area contributed by atoms with Gasteiger partial charge in [0.1, 0.15) is 0 Å². The molecular weight excluding hydrogens is 334 g/mol. The van der Waals surface area contributed by atoms with E-state index in [1.54, 1.807) is 6.92 Å². The molecule has 1 fully saturated rings.